The number of hydrogen-bond acceptors (Lipinski definition) is 2. The molecule has 26 heavy (non-hydrogen) atoms. The molecule has 1 aromatic carbocycles. The Morgan fingerprint density at radius 3 is 2.23 bits per heavy atom. The van der Waals surface area contributed by atoms with Gasteiger partial charge in [0.05, 0.1) is 0 Å². The van der Waals surface area contributed by atoms with Crippen LogP contribution < -0.4 is 16.4 Å². The Bertz CT molecular complexity index is 578. The fourth-order valence-electron chi connectivity index (χ4n) is 4.58. The summed E-state index contributed by atoms with van der Waals surface area (Å²) < 4.78 is 0. The minimum absolute atomic E-state index is 0.410. The molecule has 144 valence electrons. The first-order valence-corrected chi connectivity index (χ1v) is 10.3. The molecular formula is C22H35N3O. The van der Waals surface area contributed by atoms with E-state index in [9.17, 15) is 4.79 Å². The van der Waals surface area contributed by atoms with Crippen molar-refractivity contribution in [2.24, 2.45) is 17.1 Å². The molecule has 0 aromatic heterocycles. The molecule has 2 aliphatic carbocycles. The van der Waals surface area contributed by atoms with Crippen molar-refractivity contribution in [3.05, 3.63) is 29.8 Å². The molecule has 0 saturated heterocycles. The zero-order valence-corrected chi connectivity index (χ0v) is 16.4. The average Bonchev–Trinajstić information content (AvgIpc) is 2.62. The van der Waals surface area contributed by atoms with Crippen LogP contribution in [0.4, 0.5) is 10.5 Å². The topological polar surface area (TPSA) is 67.2 Å². The van der Waals surface area contributed by atoms with Crippen LogP contribution in [-0.4, -0.2) is 18.6 Å². The van der Waals surface area contributed by atoms with Crippen LogP contribution in [0, 0.1) is 11.3 Å². The van der Waals surface area contributed by atoms with E-state index in [1.165, 1.54) is 36.9 Å². The molecule has 2 fully saturated rings. The van der Waals surface area contributed by atoms with E-state index in [0.717, 1.165) is 38.1 Å². The summed E-state index contributed by atoms with van der Waals surface area (Å²) in [6.45, 7) is 5.51. The highest BCUT2D eigenvalue weighted by Gasteiger charge is 2.27. The predicted octanol–water partition coefficient (Wildman–Crippen LogP) is 5.01. The number of primary amides is 1. The monoisotopic (exact) mass is 357 g/mol. The third-order valence-electron chi connectivity index (χ3n) is 6.50. The van der Waals surface area contributed by atoms with Crippen LogP contribution in [0.5, 0.6) is 0 Å². The first kappa shape index (κ1) is 19.1. The van der Waals surface area contributed by atoms with Gasteiger partial charge < -0.3 is 16.4 Å². The van der Waals surface area contributed by atoms with Crippen LogP contribution in [0.1, 0.15) is 76.7 Å². The molecule has 0 aliphatic heterocycles. The molecule has 0 atom stereocenters. The van der Waals surface area contributed by atoms with Gasteiger partial charge in [-0.15, -0.1) is 0 Å². The average molecular weight is 358 g/mol. The lowest BCUT2D eigenvalue weighted by Crippen LogP contribution is -2.36. The summed E-state index contributed by atoms with van der Waals surface area (Å²) in [7, 11) is 0. The molecule has 2 amide bonds. The van der Waals surface area contributed by atoms with Crippen molar-refractivity contribution in [2.45, 2.75) is 77.2 Å². The zero-order chi connectivity index (χ0) is 18.6. The van der Waals surface area contributed by atoms with Gasteiger partial charge in [0.1, 0.15) is 0 Å². The quantitative estimate of drug-likeness (QED) is 0.693. The van der Waals surface area contributed by atoms with E-state index < -0.39 is 6.03 Å². The number of nitrogens with one attached hydrogen (secondary N) is 2. The second-order valence-corrected chi connectivity index (χ2v) is 9.17. The van der Waals surface area contributed by atoms with Gasteiger partial charge in [0.15, 0.2) is 0 Å². The fraction of sp³-hybridized carbons (Fsp3) is 0.682. The summed E-state index contributed by atoms with van der Waals surface area (Å²) in [6, 6.07) is 9.31. The lowest BCUT2D eigenvalue weighted by Gasteiger charge is -2.34. The normalized spacial score (nSPS) is 26.2. The largest absolute Gasteiger partial charge is 0.382 e. The molecule has 0 bridgehead atoms. The number of carbonyl (C=O) groups is 1. The van der Waals surface area contributed by atoms with Crippen molar-refractivity contribution in [1.29, 1.82) is 0 Å². The van der Waals surface area contributed by atoms with E-state index in [4.69, 9.17) is 5.73 Å². The van der Waals surface area contributed by atoms with Crippen LogP contribution in [0.15, 0.2) is 24.3 Å². The van der Waals surface area contributed by atoms with Gasteiger partial charge in [-0.05, 0) is 86.3 Å². The third-order valence-corrected chi connectivity index (χ3v) is 6.50. The number of rotatable bonds is 5. The van der Waals surface area contributed by atoms with Crippen molar-refractivity contribution in [3.8, 4) is 0 Å². The standard InChI is InChI=1S/C22H35N3O/c1-22(2)13-11-18(12-14-22)17-5-9-20(10-6-17)25-19-7-3-16(4-8-19)15-24-21(23)26/h5-6,9-10,16,18-19,25H,3-4,7-8,11-15H2,1-2H3,(H3,23,24,26). The van der Waals surface area contributed by atoms with Gasteiger partial charge in [0.25, 0.3) is 0 Å². The molecule has 4 N–H and O–H groups in total. The van der Waals surface area contributed by atoms with E-state index in [1.54, 1.807) is 0 Å². The number of urea groups is 1. The van der Waals surface area contributed by atoms with E-state index in [1.807, 2.05) is 0 Å². The van der Waals surface area contributed by atoms with Crippen LogP contribution in [0.25, 0.3) is 0 Å². The van der Waals surface area contributed by atoms with Gasteiger partial charge in [-0.25, -0.2) is 4.79 Å². The Morgan fingerprint density at radius 1 is 1.04 bits per heavy atom. The number of anilines is 1. The minimum atomic E-state index is -0.410. The maximum absolute atomic E-state index is 10.8. The third kappa shape index (κ3) is 5.39. The number of carbonyl (C=O) groups excluding carboxylic acids is 1. The Morgan fingerprint density at radius 2 is 1.65 bits per heavy atom. The SMILES string of the molecule is CC1(C)CCC(c2ccc(NC3CCC(CNC(N)=O)CC3)cc2)CC1. The van der Waals surface area contributed by atoms with E-state index in [0.29, 0.717) is 17.4 Å². The van der Waals surface area contributed by atoms with Crippen LogP contribution >= 0.6 is 0 Å². The van der Waals surface area contributed by atoms with Crippen LogP contribution in [0.3, 0.4) is 0 Å². The van der Waals surface area contributed by atoms with Crippen molar-refractivity contribution >= 4 is 11.7 Å². The summed E-state index contributed by atoms with van der Waals surface area (Å²) in [5, 5.41) is 6.44. The highest BCUT2D eigenvalue weighted by atomic mass is 16.2. The second kappa shape index (κ2) is 8.32. The van der Waals surface area contributed by atoms with E-state index >= 15 is 0 Å². The maximum Gasteiger partial charge on any atom is 0.312 e. The molecule has 2 aliphatic rings. The van der Waals surface area contributed by atoms with Crippen LogP contribution in [-0.2, 0) is 0 Å². The molecular weight excluding hydrogens is 322 g/mol. The molecule has 3 rings (SSSR count). The highest BCUT2D eigenvalue weighted by Crippen LogP contribution is 2.42. The van der Waals surface area contributed by atoms with E-state index in [2.05, 4.69) is 48.7 Å². The molecule has 0 unspecified atom stereocenters. The lowest BCUT2D eigenvalue weighted by atomic mass is 9.71. The highest BCUT2D eigenvalue weighted by molar-refractivity contribution is 5.71. The molecule has 0 radical (unpaired) electrons. The number of nitrogens with two attached hydrogens (primary N) is 1. The zero-order valence-electron chi connectivity index (χ0n) is 16.4. The first-order valence-electron chi connectivity index (χ1n) is 10.3. The van der Waals surface area contributed by atoms with Gasteiger partial charge >= 0.3 is 6.03 Å². The molecule has 1 aromatic rings. The number of amides is 2. The van der Waals surface area contributed by atoms with Gasteiger partial charge in [0, 0.05) is 18.3 Å². The van der Waals surface area contributed by atoms with Gasteiger partial charge in [-0.3, -0.25) is 0 Å². The van der Waals surface area contributed by atoms with Gasteiger partial charge in [0.2, 0.25) is 0 Å². The molecule has 4 heteroatoms. The molecule has 4 nitrogen and oxygen atoms in total. The summed E-state index contributed by atoms with van der Waals surface area (Å²) >= 11 is 0. The molecule has 0 heterocycles. The summed E-state index contributed by atoms with van der Waals surface area (Å²) in [5.74, 6) is 1.31. The molecule has 0 spiro atoms. The Balaban J connectivity index is 1.44. The Hall–Kier alpha value is -1.71. The van der Waals surface area contributed by atoms with Crippen molar-refractivity contribution in [3.63, 3.8) is 0 Å². The second-order valence-electron chi connectivity index (χ2n) is 9.17. The first-order chi connectivity index (χ1) is 12.4. The summed E-state index contributed by atoms with van der Waals surface area (Å²) in [6.07, 6.45) is 9.93. The van der Waals surface area contributed by atoms with E-state index in [-0.39, 0.29) is 0 Å². The Labute approximate surface area is 158 Å². The molecule has 2 saturated carbocycles. The van der Waals surface area contributed by atoms with Gasteiger partial charge in [-0.2, -0.15) is 0 Å². The van der Waals surface area contributed by atoms with Crippen molar-refractivity contribution in [1.82, 2.24) is 5.32 Å². The van der Waals surface area contributed by atoms with Crippen LogP contribution in [0.2, 0.25) is 0 Å². The smallest absolute Gasteiger partial charge is 0.312 e. The van der Waals surface area contributed by atoms with Crippen molar-refractivity contribution < 1.29 is 4.79 Å². The predicted molar refractivity (Wildman–Crippen MR) is 108 cm³/mol. The number of hydrogen-bond donors (Lipinski definition) is 3. The van der Waals surface area contributed by atoms with Crippen molar-refractivity contribution in [2.75, 3.05) is 11.9 Å². The summed E-state index contributed by atoms with van der Waals surface area (Å²) in [5.41, 5.74) is 8.43. The summed E-state index contributed by atoms with van der Waals surface area (Å²) in [4.78, 5) is 10.8. The maximum atomic E-state index is 10.8. The Kier molecular flexibility index (Phi) is 6.10. The number of benzene rings is 1. The fourth-order valence-corrected chi connectivity index (χ4v) is 4.58. The lowest BCUT2D eigenvalue weighted by molar-refractivity contribution is 0.224. The minimum Gasteiger partial charge on any atom is -0.382 e. The van der Waals surface area contributed by atoms with Gasteiger partial charge in [-0.1, -0.05) is 26.0 Å².